The van der Waals surface area contributed by atoms with E-state index in [-0.39, 0.29) is 0 Å². The summed E-state index contributed by atoms with van der Waals surface area (Å²) >= 11 is 0. The summed E-state index contributed by atoms with van der Waals surface area (Å²) < 4.78 is 6.54. The summed E-state index contributed by atoms with van der Waals surface area (Å²) in [7, 11) is 0. The Bertz CT molecular complexity index is 3270. The van der Waals surface area contributed by atoms with E-state index in [0.29, 0.717) is 0 Å². The van der Waals surface area contributed by atoms with Gasteiger partial charge in [-0.3, -0.25) is 0 Å². The summed E-state index contributed by atoms with van der Waals surface area (Å²) in [5.41, 5.74) is 14.4. The summed E-state index contributed by atoms with van der Waals surface area (Å²) in [5.74, 6) is 0. The number of anilines is 3. The fraction of sp³-hybridized carbons (Fsp3) is 0. The third-order valence-corrected chi connectivity index (χ3v) is 11.5. The van der Waals surface area contributed by atoms with Gasteiger partial charge in [0.15, 0.2) is 0 Å². The molecule has 0 radical (unpaired) electrons. The maximum atomic E-state index is 6.54. The van der Waals surface area contributed by atoms with Crippen molar-refractivity contribution in [2.75, 3.05) is 4.90 Å². The normalized spacial score (nSPS) is 11.4. The zero-order chi connectivity index (χ0) is 38.4. The molecular weight excluding hydrogens is 703 g/mol. The predicted octanol–water partition coefficient (Wildman–Crippen LogP) is 16.0. The van der Waals surface area contributed by atoms with Crippen molar-refractivity contribution >= 4 is 60.5 Å². The average Bonchev–Trinajstić information content (AvgIpc) is 3.69. The molecule has 0 aliphatic heterocycles. The second-order valence-electron chi connectivity index (χ2n) is 14.9. The van der Waals surface area contributed by atoms with Crippen LogP contribution in [0.1, 0.15) is 0 Å². The Hall–Kier alpha value is -7.68. The van der Waals surface area contributed by atoms with Gasteiger partial charge < -0.3 is 9.32 Å². The van der Waals surface area contributed by atoms with Crippen molar-refractivity contribution < 1.29 is 4.42 Å². The van der Waals surface area contributed by atoms with Gasteiger partial charge in [-0.25, -0.2) is 0 Å². The molecule has 0 unspecified atom stereocenters. The van der Waals surface area contributed by atoms with E-state index in [1.807, 2.05) is 0 Å². The number of nitrogens with zero attached hydrogens (tertiary/aromatic N) is 1. The van der Waals surface area contributed by atoms with Crippen LogP contribution in [0.4, 0.5) is 17.1 Å². The Morgan fingerprint density at radius 3 is 1.60 bits per heavy atom. The van der Waals surface area contributed by atoms with Gasteiger partial charge >= 0.3 is 0 Å². The topological polar surface area (TPSA) is 16.4 Å². The van der Waals surface area contributed by atoms with Crippen LogP contribution in [0.2, 0.25) is 0 Å². The van der Waals surface area contributed by atoms with Gasteiger partial charge in [0.05, 0.1) is 11.4 Å². The minimum absolute atomic E-state index is 0.887. The highest BCUT2D eigenvalue weighted by atomic mass is 16.3. The van der Waals surface area contributed by atoms with Crippen LogP contribution in [-0.2, 0) is 0 Å². The van der Waals surface area contributed by atoms with Crippen molar-refractivity contribution in [2.24, 2.45) is 0 Å². The molecule has 1 heterocycles. The van der Waals surface area contributed by atoms with Crippen LogP contribution in [0.25, 0.3) is 88.0 Å². The zero-order valence-corrected chi connectivity index (χ0v) is 31.7. The van der Waals surface area contributed by atoms with Crippen molar-refractivity contribution in [3.05, 3.63) is 224 Å². The number of benzene rings is 10. The Kier molecular flexibility index (Phi) is 8.19. The van der Waals surface area contributed by atoms with E-state index in [1.165, 1.54) is 38.4 Å². The quantitative estimate of drug-likeness (QED) is 0.162. The summed E-state index contributed by atoms with van der Waals surface area (Å²) in [6, 6.07) is 80.8. The Morgan fingerprint density at radius 2 is 0.828 bits per heavy atom. The molecule has 0 aliphatic rings. The summed E-state index contributed by atoms with van der Waals surface area (Å²) in [6.45, 7) is 0. The van der Waals surface area contributed by atoms with Crippen LogP contribution in [0, 0.1) is 0 Å². The molecule has 0 aliphatic carbocycles. The van der Waals surface area contributed by atoms with Gasteiger partial charge in [0.25, 0.3) is 0 Å². The molecule has 0 saturated carbocycles. The molecule has 1 aromatic heterocycles. The highest BCUT2D eigenvalue weighted by Gasteiger charge is 2.21. The van der Waals surface area contributed by atoms with Crippen molar-refractivity contribution in [2.45, 2.75) is 0 Å². The van der Waals surface area contributed by atoms with Gasteiger partial charge in [0.1, 0.15) is 11.2 Å². The molecule has 0 spiro atoms. The van der Waals surface area contributed by atoms with Crippen LogP contribution >= 0.6 is 0 Å². The van der Waals surface area contributed by atoms with Crippen molar-refractivity contribution in [1.82, 2.24) is 0 Å². The highest BCUT2D eigenvalue weighted by Crippen LogP contribution is 2.46. The second kappa shape index (κ2) is 14.1. The molecule has 11 aromatic rings. The van der Waals surface area contributed by atoms with Crippen molar-refractivity contribution in [3.8, 4) is 44.5 Å². The number of fused-ring (bicyclic) bond motifs is 6. The molecule has 0 atom stereocenters. The maximum Gasteiger partial charge on any atom is 0.143 e. The van der Waals surface area contributed by atoms with E-state index in [9.17, 15) is 0 Å². The van der Waals surface area contributed by atoms with E-state index in [4.69, 9.17) is 4.42 Å². The third kappa shape index (κ3) is 5.91. The number of furan rings is 1. The molecule has 0 amide bonds. The van der Waals surface area contributed by atoms with Crippen LogP contribution in [-0.4, -0.2) is 0 Å². The Balaban J connectivity index is 1.07. The van der Waals surface area contributed by atoms with E-state index in [2.05, 4.69) is 229 Å². The third-order valence-electron chi connectivity index (χ3n) is 11.5. The van der Waals surface area contributed by atoms with E-state index >= 15 is 0 Å². The van der Waals surface area contributed by atoms with Gasteiger partial charge in [0, 0.05) is 33.0 Å². The molecule has 2 nitrogen and oxygen atoms in total. The smallest absolute Gasteiger partial charge is 0.143 e. The minimum atomic E-state index is 0.887. The SMILES string of the molecule is c1ccc(-c2ccc(-c3ccccc3N(c3ccc(-c4ccc5ccccc5c4)cc3)c3ccccc3-c3ccc4oc5c6ccccc6ccc5c4c3)cc2)cc1. The summed E-state index contributed by atoms with van der Waals surface area (Å²) in [4.78, 5) is 2.42. The summed E-state index contributed by atoms with van der Waals surface area (Å²) in [5, 5.41) is 7.02. The van der Waals surface area contributed by atoms with Gasteiger partial charge in [-0.15, -0.1) is 0 Å². The van der Waals surface area contributed by atoms with Crippen LogP contribution in [0.15, 0.2) is 229 Å². The lowest BCUT2D eigenvalue weighted by molar-refractivity contribution is 0.672. The molecule has 10 aromatic carbocycles. The number of para-hydroxylation sites is 2. The maximum absolute atomic E-state index is 6.54. The van der Waals surface area contributed by atoms with E-state index in [0.717, 1.165) is 66.6 Å². The zero-order valence-electron chi connectivity index (χ0n) is 31.7. The predicted molar refractivity (Wildman–Crippen MR) is 245 cm³/mol. The van der Waals surface area contributed by atoms with E-state index < -0.39 is 0 Å². The Morgan fingerprint density at radius 1 is 0.293 bits per heavy atom. The fourth-order valence-corrected chi connectivity index (χ4v) is 8.55. The first kappa shape index (κ1) is 33.6. The first-order valence-electron chi connectivity index (χ1n) is 19.8. The van der Waals surface area contributed by atoms with Crippen LogP contribution in [0.5, 0.6) is 0 Å². The largest absolute Gasteiger partial charge is 0.455 e. The minimum Gasteiger partial charge on any atom is -0.455 e. The highest BCUT2D eigenvalue weighted by molar-refractivity contribution is 6.15. The van der Waals surface area contributed by atoms with Crippen molar-refractivity contribution in [1.29, 1.82) is 0 Å². The fourth-order valence-electron chi connectivity index (χ4n) is 8.55. The van der Waals surface area contributed by atoms with Crippen LogP contribution in [0.3, 0.4) is 0 Å². The molecule has 2 heteroatoms. The lowest BCUT2D eigenvalue weighted by Gasteiger charge is -2.30. The monoisotopic (exact) mass is 739 g/mol. The Labute approximate surface area is 337 Å². The van der Waals surface area contributed by atoms with Crippen molar-refractivity contribution in [3.63, 3.8) is 0 Å². The summed E-state index contributed by atoms with van der Waals surface area (Å²) in [6.07, 6.45) is 0. The van der Waals surface area contributed by atoms with Gasteiger partial charge in [-0.1, -0.05) is 176 Å². The standard InChI is InChI=1S/C56H37NO/c1-2-12-38(13-3-1)40-22-25-43(26-23-40)48-17-8-10-20-53(48)57(47-32-28-41(29-33-47)45-27-24-39-14-4-5-16-44(39)36-45)54-21-11-9-18-49(54)46-31-35-55-52(37-46)51-34-30-42-15-6-7-19-50(42)56(51)58-55/h1-37H. The number of hydrogen-bond donors (Lipinski definition) is 0. The molecule has 58 heavy (non-hydrogen) atoms. The van der Waals surface area contributed by atoms with Crippen LogP contribution < -0.4 is 4.90 Å². The first-order valence-corrected chi connectivity index (χ1v) is 19.8. The average molecular weight is 740 g/mol. The lowest BCUT2D eigenvalue weighted by atomic mass is 9.96. The second-order valence-corrected chi connectivity index (χ2v) is 14.9. The van der Waals surface area contributed by atoms with Gasteiger partial charge in [-0.2, -0.15) is 0 Å². The molecule has 11 rings (SSSR count). The number of hydrogen-bond acceptors (Lipinski definition) is 2. The van der Waals surface area contributed by atoms with E-state index in [1.54, 1.807) is 0 Å². The molecule has 0 N–H and O–H groups in total. The van der Waals surface area contributed by atoms with Gasteiger partial charge in [0.2, 0.25) is 0 Å². The lowest BCUT2D eigenvalue weighted by Crippen LogP contribution is -2.12. The first-order chi connectivity index (χ1) is 28.7. The van der Waals surface area contributed by atoms with Gasteiger partial charge in [-0.05, 0) is 98.1 Å². The molecule has 272 valence electrons. The molecule has 0 fully saturated rings. The number of rotatable bonds is 7. The molecule has 0 bridgehead atoms. The molecule has 0 saturated heterocycles. The molecular formula is C56H37NO.